The molecule has 1 atom stereocenters. The van der Waals surface area contributed by atoms with E-state index in [1.165, 1.54) is 0 Å². The molecular formula is C16H20N2O2. The number of nitrogens with two attached hydrogens (primary N) is 1. The molecule has 1 aromatic heterocycles. The third kappa shape index (κ3) is 3.08. The number of nitrogens with zero attached hydrogens (tertiary/aromatic N) is 1. The molecule has 0 spiro atoms. The van der Waals surface area contributed by atoms with Crippen LogP contribution < -0.4 is 15.2 Å². The lowest BCUT2D eigenvalue weighted by atomic mass is 9.87. The summed E-state index contributed by atoms with van der Waals surface area (Å²) in [6.45, 7) is 2.00. The Bertz CT molecular complexity index is 568. The molecule has 1 unspecified atom stereocenters. The van der Waals surface area contributed by atoms with Gasteiger partial charge in [0.1, 0.15) is 0 Å². The zero-order valence-electron chi connectivity index (χ0n) is 12.1. The van der Waals surface area contributed by atoms with E-state index in [0.717, 1.165) is 16.9 Å². The Kier molecular flexibility index (Phi) is 4.25. The molecule has 4 heteroatoms. The van der Waals surface area contributed by atoms with E-state index < -0.39 is 5.54 Å². The van der Waals surface area contributed by atoms with E-state index in [-0.39, 0.29) is 0 Å². The molecule has 2 aromatic rings. The summed E-state index contributed by atoms with van der Waals surface area (Å²) in [7, 11) is 3.25. The lowest BCUT2D eigenvalue weighted by Gasteiger charge is -2.25. The minimum absolute atomic E-state index is 0.478. The highest BCUT2D eigenvalue weighted by atomic mass is 16.5. The SMILES string of the molecule is COc1ccc(CC(C)(N)c2cccnc2)cc1OC. The first-order chi connectivity index (χ1) is 9.56. The maximum atomic E-state index is 6.42. The molecule has 1 heterocycles. The Balaban J connectivity index is 2.25. The van der Waals surface area contributed by atoms with Crippen molar-refractivity contribution in [3.63, 3.8) is 0 Å². The molecule has 0 aliphatic heterocycles. The summed E-state index contributed by atoms with van der Waals surface area (Å²) >= 11 is 0. The fourth-order valence-electron chi connectivity index (χ4n) is 2.22. The van der Waals surface area contributed by atoms with Crippen LogP contribution in [0.2, 0.25) is 0 Å². The van der Waals surface area contributed by atoms with Gasteiger partial charge in [-0.25, -0.2) is 0 Å². The predicted octanol–water partition coefficient (Wildman–Crippen LogP) is 2.52. The molecule has 0 saturated carbocycles. The molecule has 1 aromatic carbocycles. The van der Waals surface area contributed by atoms with Gasteiger partial charge in [-0.05, 0) is 42.7 Å². The average molecular weight is 272 g/mol. The second-order valence-corrected chi connectivity index (χ2v) is 5.03. The number of methoxy groups -OCH3 is 2. The van der Waals surface area contributed by atoms with Gasteiger partial charge in [0.25, 0.3) is 0 Å². The van der Waals surface area contributed by atoms with E-state index in [1.54, 1.807) is 26.6 Å². The highest BCUT2D eigenvalue weighted by Crippen LogP contribution is 2.30. The number of ether oxygens (including phenoxy) is 2. The van der Waals surface area contributed by atoms with E-state index in [2.05, 4.69) is 4.98 Å². The van der Waals surface area contributed by atoms with Crippen molar-refractivity contribution in [2.45, 2.75) is 18.9 Å². The van der Waals surface area contributed by atoms with Crippen LogP contribution in [0.5, 0.6) is 11.5 Å². The zero-order chi connectivity index (χ0) is 14.6. The van der Waals surface area contributed by atoms with Gasteiger partial charge in [0.05, 0.1) is 14.2 Å². The Morgan fingerprint density at radius 2 is 1.90 bits per heavy atom. The quantitative estimate of drug-likeness (QED) is 0.908. The van der Waals surface area contributed by atoms with Crippen molar-refractivity contribution >= 4 is 0 Å². The summed E-state index contributed by atoms with van der Waals surface area (Å²) < 4.78 is 10.6. The van der Waals surface area contributed by atoms with Gasteiger partial charge in [-0.15, -0.1) is 0 Å². The van der Waals surface area contributed by atoms with Crippen molar-refractivity contribution in [1.82, 2.24) is 4.98 Å². The number of rotatable bonds is 5. The van der Waals surface area contributed by atoms with Gasteiger partial charge in [0, 0.05) is 17.9 Å². The lowest BCUT2D eigenvalue weighted by Crippen LogP contribution is -2.35. The van der Waals surface area contributed by atoms with Gasteiger partial charge in [0.2, 0.25) is 0 Å². The van der Waals surface area contributed by atoms with Crippen molar-refractivity contribution in [3.05, 3.63) is 53.9 Å². The molecule has 0 radical (unpaired) electrons. The molecule has 0 saturated heterocycles. The number of hydrogen-bond acceptors (Lipinski definition) is 4. The van der Waals surface area contributed by atoms with Crippen LogP contribution in [-0.4, -0.2) is 19.2 Å². The van der Waals surface area contributed by atoms with E-state index in [9.17, 15) is 0 Å². The van der Waals surface area contributed by atoms with Gasteiger partial charge < -0.3 is 15.2 Å². The largest absolute Gasteiger partial charge is 0.493 e. The fourth-order valence-corrected chi connectivity index (χ4v) is 2.22. The maximum absolute atomic E-state index is 6.42. The van der Waals surface area contributed by atoms with Crippen LogP contribution in [0.25, 0.3) is 0 Å². The summed E-state index contributed by atoms with van der Waals surface area (Å²) in [5, 5.41) is 0. The normalized spacial score (nSPS) is 13.6. The maximum Gasteiger partial charge on any atom is 0.160 e. The number of aromatic nitrogens is 1. The lowest BCUT2D eigenvalue weighted by molar-refractivity contribution is 0.354. The summed E-state index contributed by atoms with van der Waals surface area (Å²) in [6.07, 6.45) is 4.25. The number of benzene rings is 1. The molecule has 106 valence electrons. The molecule has 0 amide bonds. The third-order valence-electron chi connectivity index (χ3n) is 3.34. The molecule has 2 N–H and O–H groups in total. The van der Waals surface area contributed by atoms with E-state index >= 15 is 0 Å². The number of pyridine rings is 1. The smallest absolute Gasteiger partial charge is 0.160 e. The minimum Gasteiger partial charge on any atom is -0.493 e. The summed E-state index contributed by atoms with van der Waals surface area (Å²) in [5.74, 6) is 1.43. The van der Waals surface area contributed by atoms with E-state index in [4.69, 9.17) is 15.2 Å². The standard InChI is InChI=1S/C16H20N2O2/c1-16(17,13-5-4-8-18-11-13)10-12-6-7-14(19-2)15(9-12)20-3/h4-9,11H,10,17H2,1-3H3. The highest BCUT2D eigenvalue weighted by Gasteiger charge is 2.22. The Morgan fingerprint density at radius 3 is 2.50 bits per heavy atom. The van der Waals surface area contributed by atoms with Gasteiger partial charge in [-0.3, -0.25) is 4.98 Å². The van der Waals surface area contributed by atoms with Crippen LogP contribution in [0.4, 0.5) is 0 Å². The van der Waals surface area contributed by atoms with Crippen molar-refractivity contribution in [2.24, 2.45) is 5.73 Å². The first kappa shape index (κ1) is 14.3. The molecule has 0 fully saturated rings. The summed E-state index contributed by atoms with van der Waals surface area (Å²) in [4.78, 5) is 4.13. The van der Waals surface area contributed by atoms with Gasteiger partial charge >= 0.3 is 0 Å². The van der Waals surface area contributed by atoms with Crippen LogP contribution in [0.15, 0.2) is 42.7 Å². The highest BCUT2D eigenvalue weighted by molar-refractivity contribution is 5.43. The van der Waals surface area contributed by atoms with Crippen LogP contribution in [0, 0.1) is 0 Å². The van der Waals surface area contributed by atoms with Crippen molar-refractivity contribution < 1.29 is 9.47 Å². The van der Waals surface area contributed by atoms with Crippen LogP contribution in [0.1, 0.15) is 18.1 Å². The zero-order valence-corrected chi connectivity index (χ0v) is 12.1. The van der Waals surface area contributed by atoms with Crippen molar-refractivity contribution in [2.75, 3.05) is 14.2 Å². The molecule has 0 aliphatic carbocycles. The van der Waals surface area contributed by atoms with Gasteiger partial charge in [0.15, 0.2) is 11.5 Å². The molecular weight excluding hydrogens is 252 g/mol. The molecule has 4 nitrogen and oxygen atoms in total. The monoisotopic (exact) mass is 272 g/mol. The predicted molar refractivity (Wildman–Crippen MR) is 79.0 cm³/mol. The Labute approximate surface area is 119 Å². The Morgan fingerprint density at radius 1 is 1.15 bits per heavy atom. The van der Waals surface area contributed by atoms with Crippen LogP contribution in [0.3, 0.4) is 0 Å². The molecule has 2 rings (SSSR count). The van der Waals surface area contributed by atoms with Crippen LogP contribution in [-0.2, 0) is 12.0 Å². The topological polar surface area (TPSA) is 57.4 Å². The molecule has 0 aliphatic rings. The van der Waals surface area contributed by atoms with E-state index in [0.29, 0.717) is 12.2 Å². The van der Waals surface area contributed by atoms with Crippen LogP contribution >= 0.6 is 0 Å². The van der Waals surface area contributed by atoms with Crippen molar-refractivity contribution in [3.8, 4) is 11.5 Å². The molecule has 0 bridgehead atoms. The first-order valence-electron chi connectivity index (χ1n) is 6.47. The van der Waals surface area contributed by atoms with Crippen molar-refractivity contribution in [1.29, 1.82) is 0 Å². The third-order valence-corrected chi connectivity index (χ3v) is 3.34. The fraction of sp³-hybridized carbons (Fsp3) is 0.312. The minimum atomic E-state index is -0.478. The Hall–Kier alpha value is -2.07. The number of hydrogen-bond donors (Lipinski definition) is 1. The first-order valence-corrected chi connectivity index (χ1v) is 6.47. The molecule has 20 heavy (non-hydrogen) atoms. The second-order valence-electron chi connectivity index (χ2n) is 5.03. The summed E-state index contributed by atoms with van der Waals surface area (Å²) in [6, 6.07) is 9.75. The second kappa shape index (κ2) is 5.92. The van der Waals surface area contributed by atoms with E-state index in [1.807, 2.05) is 37.3 Å². The van der Waals surface area contributed by atoms with Gasteiger partial charge in [-0.2, -0.15) is 0 Å². The van der Waals surface area contributed by atoms with Gasteiger partial charge in [-0.1, -0.05) is 12.1 Å². The average Bonchev–Trinajstić information content (AvgIpc) is 2.47. The summed E-state index contributed by atoms with van der Waals surface area (Å²) in [5.41, 5.74) is 8.04.